The lowest BCUT2D eigenvalue weighted by molar-refractivity contribution is 0.731. The summed E-state index contributed by atoms with van der Waals surface area (Å²) < 4.78 is 0. The highest BCUT2D eigenvalue weighted by atomic mass is 15.3. The Balaban J connectivity index is 1.77. The van der Waals surface area contributed by atoms with E-state index >= 15 is 0 Å². The zero-order valence-electron chi connectivity index (χ0n) is 9.80. The van der Waals surface area contributed by atoms with E-state index in [2.05, 4.69) is 32.0 Å². The second-order valence-corrected chi connectivity index (χ2v) is 4.45. The van der Waals surface area contributed by atoms with E-state index in [0.717, 1.165) is 25.5 Å². The van der Waals surface area contributed by atoms with Crippen molar-refractivity contribution in [3.05, 3.63) is 35.9 Å². The molecule has 1 N–H and O–H groups in total. The van der Waals surface area contributed by atoms with Crippen molar-refractivity contribution in [2.45, 2.75) is 19.3 Å². The molecule has 1 aliphatic rings. The number of aromatic nitrogens is 4. The first-order valence-electron chi connectivity index (χ1n) is 5.86. The number of H-pyrrole nitrogens is 1. The molecule has 88 valence electrons. The summed E-state index contributed by atoms with van der Waals surface area (Å²) in [4.78, 5) is 10.8. The van der Waals surface area contributed by atoms with Crippen LogP contribution in [0, 0.1) is 6.92 Å². The van der Waals surface area contributed by atoms with E-state index in [1.165, 1.54) is 11.3 Å². The van der Waals surface area contributed by atoms with E-state index in [-0.39, 0.29) is 0 Å². The quantitative estimate of drug-likeness (QED) is 0.848. The van der Waals surface area contributed by atoms with Gasteiger partial charge in [0.05, 0.1) is 6.20 Å². The van der Waals surface area contributed by atoms with Gasteiger partial charge in [-0.05, 0) is 25.0 Å². The average Bonchev–Trinajstić information content (AvgIpc) is 2.98. The summed E-state index contributed by atoms with van der Waals surface area (Å²) >= 11 is 0. The van der Waals surface area contributed by atoms with Gasteiger partial charge in [-0.2, -0.15) is 5.10 Å². The molecule has 0 unspecified atom stereocenters. The van der Waals surface area contributed by atoms with E-state index in [1.807, 2.05) is 12.3 Å². The largest absolute Gasteiger partial charge is 0.340 e. The minimum Gasteiger partial charge on any atom is -0.340 e. The maximum Gasteiger partial charge on any atom is 0.225 e. The first kappa shape index (κ1) is 10.3. The van der Waals surface area contributed by atoms with E-state index in [4.69, 9.17) is 0 Å². The molecule has 3 rings (SSSR count). The maximum atomic E-state index is 4.29. The highest BCUT2D eigenvalue weighted by Crippen LogP contribution is 2.29. The molecule has 3 heterocycles. The third-order valence-corrected chi connectivity index (χ3v) is 3.30. The van der Waals surface area contributed by atoms with Gasteiger partial charge in [0.25, 0.3) is 0 Å². The van der Waals surface area contributed by atoms with Crippen LogP contribution in [0.1, 0.15) is 23.6 Å². The highest BCUT2D eigenvalue weighted by molar-refractivity contribution is 5.34. The Bertz CT molecular complexity index is 493. The fourth-order valence-electron chi connectivity index (χ4n) is 2.40. The number of aryl methyl sites for hydroxylation is 1. The molecule has 2 aromatic heterocycles. The van der Waals surface area contributed by atoms with Crippen molar-refractivity contribution in [1.29, 1.82) is 0 Å². The topological polar surface area (TPSA) is 57.7 Å². The van der Waals surface area contributed by atoms with Gasteiger partial charge in [0.2, 0.25) is 5.95 Å². The number of anilines is 1. The molecule has 2 aromatic rings. The molecule has 0 spiro atoms. The first-order chi connectivity index (χ1) is 8.34. The lowest BCUT2D eigenvalue weighted by Crippen LogP contribution is -2.21. The Morgan fingerprint density at radius 1 is 1.35 bits per heavy atom. The number of hydrogen-bond acceptors (Lipinski definition) is 4. The molecular weight excluding hydrogens is 214 g/mol. The molecule has 5 heteroatoms. The van der Waals surface area contributed by atoms with Crippen molar-refractivity contribution < 1.29 is 0 Å². The van der Waals surface area contributed by atoms with Crippen LogP contribution in [0.4, 0.5) is 5.95 Å². The second-order valence-electron chi connectivity index (χ2n) is 4.45. The maximum absolute atomic E-state index is 4.29. The number of nitrogens with zero attached hydrogens (tertiary/aromatic N) is 4. The zero-order chi connectivity index (χ0) is 11.7. The van der Waals surface area contributed by atoms with Crippen molar-refractivity contribution >= 4 is 5.95 Å². The van der Waals surface area contributed by atoms with Gasteiger partial charge in [-0.15, -0.1) is 0 Å². The Kier molecular flexibility index (Phi) is 2.51. The van der Waals surface area contributed by atoms with Crippen LogP contribution in [0.15, 0.2) is 24.7 Å². The normalized spacial score (nSPS) is 19.8. The molecule has 5 nitrogen and oxygen atoms in total. The number of rotatable bonds is 2. The predicted molar refractivity (Wildman–Crippen MR) is 64.9 cm³/mol. The van der Waals surface area contributed by atoms with Crippen LogP contribution in [0.5, 0.6) is 0 Å². The van der Waals surface area contributed by atoms with Crippen molar-refractivity contribution in [3.63, 3.8) is 0 Å². The smallest absolute Gasteiger partial charge is 0.225 e. The van der Waals surface area contributed by atoms with E-state index in [0.29, 0.717) is 5.92 Å². The first-order valence-corrected chi connectivity index (χ1v) is 5.86. The lowest BCUT2D eigenvalue weighted by atomic mass is 10.0. The van der Waals surface area contributed by atoms with Crippen LogP contribution >= 0.6 is 0 Å². The average molecular weight is 229 g/mol. The van der Waals surface area contributed by atoms with Gasteiger partial charge in [-0.3, -0.25) is 5.10 Å². The fourth-order valence-corrected chi connectivity index (χ4v) is 2.40. The van der Waals surface area contributed by atoms with Gasteiger partial charge in [-0.1, -0.05) is 0 Å². The van der Waals surface area contributed by atoms with E-state index in [1.54, 1.807) is 12.4 Å². The van der Waals surface area contributed by atoms with Crippen LogP contribution in [-0.2, 0) is 0 Å². The van der Waals surface area contributed by atoms with Gasteiger partial charge in [0, 0.05) is 37.1 Å². The molecule has 0 bridgehead atoms. The highest BCUT2D eigenvalue weighted by Gasteiger charge is 2.27. The molecule has 1 aliphatic heterocycles. The van der Waals surface area contributed by atoms with Crippen molar-refractivity contribution in [3.8, 4) is 0 Å². The molecular formula is C12H15N5. The Labute approximate surface area is 99.9 Å². The summed E-state index contributed by atoms with van der Waals surface area (Å²) in [6.07, 6.45) is 6.59. The number of aromatic amines is 1. The monoisotopic (exact) mass is 229 g/mol. The molecule has 0 aliphatic carbocycles. The molecule has 17 heavy (non-hydrogen) atoms. The summed E-state index contributed by atoms with van der Waals surface area (Å²) in [6, 6.07) is 1.84. The fraction of sp³-hybridized carbons (Fsp3) is 0.417. The van der Waals surface area contributed by atoms with E-state index in [9.17, 15) is 0 Å². The third-order valence-electron chi connectivity index (χ3n) is 3.30. The second kappa shape index (κ2) is 4.16. The van der Waals surface area contributed by atoms with Crippen LogP contribution in [-0.4, -0.2) is 33.3 Å². The summed E-state index contributed by atoms with van der Waals surface area (Å²) in [6.45, 7) is 4.07. The third kappa shape index (κ3) is 1.88. The van der Waals surface area contributed by atoms with Crippen molar-refractivity contribution in [2.24, 2.45) is 0 Å². The van der Waals surface area contributed by atoms with Gasteiger partial charge in [0.15, 0.2) is 0 Å². The summed E-state index contributed by atoms with van der Waals surface area (Å²) in [5, 5.41) is 7.19. The molecule has 1 saturated heterocycles. The molecule has 0 radical (unpaired) electrons. The summed E-state index contributed by atoms with van der Waals surface area (Å²) in [5.41, 5.74) is 2.49. The van der Waals surface area contributed by atoms with Crippen molar-refractivity contribution in [1.82, 2.24) is 20.2 Å². The van der Waals surface area contributed by atoms with Crippen LogP contribution < -0.4 is 4.90 Å². The Morgan fingerprint density at radius 2 is 2.18 bits per heavy atom. The molecule has 0 saturated carbocycles. The van der Waals surface area contributed by atoms with Gasteiger partial charge in [-0.25, -0.2) is 9.97 Å². The minimum atomic E-state index is 0.515. The molecule has 1 atom stereocenters. The van der Waals surface area contributed by atoms with Gasteiger partial charge >= 0.3 is 0 Å². The summed E-state index contributed by atoms with van der Waals surface area (Å²) in [5.74, 6) is 1.34. The standard InChI is InChI=1S/C12H15N5/c1-9-7-15-16-11(9)10-3-6-17(8-10)12-13-4-2-5-14-12/h2,4-5,7,10H,3,6,8H2,1H3,(H,15,16)/t10-/m1/s1. The van der Waals surface area contributed by atoms with Crippen LogP contribution in [0.25, 0.3) is 0 Å². The SMILES string of the molecule is Cc1cn[nH]c1[C@@H]1CCN(c2ncccn2)C1. The molecule has 0 amide bonds. The molecule has 1 fully saturated rings. The van der Waals surface area contributed by atoms with Gasteiger partial charge < -0.3 is 4.90 Å². The number of hydrogen-bond donors (Lipinski definition) is 1. The minimum absolute atomic E-state index is 0.515. The lowest BCUT2D eigenvalue weighted by Gasteiger charge is -2.15. The van der Waals surface area contributed by atoms with Crippen LogP contribution in [0.3, 0.4) is 0 Å². The summed E-state index contributed by atoms with van der Waals surface area (Å²) in [7, 11) is 0. The van der Waals surface area contributed by atoms with E-state index < -0.39 is 0 Å². The zero-order valence-corrected chi connectivity index (χ0v) is 9.80. The van der Waals surface area contributed by atoms with Gasteiger partial charge in [0.1, 0.15) is 0 Å². The van der Waals surface area contributed by atoms with Crippen LogP contribution in [0.2, 0.25) is 0 Å². The Morgan fingerprint density at radius 3 is 2.88 bits per heavy atom. The van der Waals surface area contributed by atoms with Crippen molar-refractivity contribution in [2.75, 3.05) is 18.0 Å². The predicted octanol–water partition coefficient (Wildman–Crippen LogP) is 1.50. The molecule has 0 aromatic carbocycles. The number of nitrogens with one attached hydrogen (secondary N) is 1. The Hall–Kier alpha value is -1.91.